The van der Waals surface area contributed by atoms with Crippen LogP contribution in [0.5, 0.6) is 0 Å². The number of benzene rings is 1. The number of carbonyl (C=O) groups is 1. The van der Waals surface area contributed by atoms with Gasteiger partial charge in [-0.1, -0.05) is 12.1 Å². The third-order valence-electron chi connectivity index (χ3n) is 3.03. The molecule has 4 heteroatoms. The Hall–Kier alpha value is -1.39. The van der Waals surface area contributed by atoms with Crippen LogP contribution in [0.4, 0.5) is 0 Å². The van der Waals surface area contributed by atoms with Crippen molar-refractivity contribution in [2.24, 2.45) is 0 Å². The van der Waals surface area contributed by atoms with Gasteiger partial charge in [0.2, 0.25) is 0 Å². The minimum Gasteiger partial charge on any atom is -0.478 e. The van der Waals surface area contributed by atoms with Crippen molar-refractivity contribution in [1.29, 1.82) is 0 Å². The largest absolute Gasteiger partial charge is 0.478 e. The Balaban J connectivity index is 2.02. The summed E-state index contributed by atoms with van der Waals surface area (Å²) >= 11 is 0. The van der Waals surface area contributed by atoms with Crippen LogP contribution < -0.4 is 5.32 Å². The molecule has 1 aromatic rings. The van der Waals surface area contributed by atoms with E-state index in [1.54, 1.807) is 12.1 Å². The van der Waals surface area contributed by atoms with Gasteiger partial charge in [-0.3, -0.25) is 4.90 Å². The fourth-order valence-electron chi connectivity index (χ4n) is 2.22. The molecule has 0 saturated carbocycles. The second-order valence-electron chi connectivity index (χ2n) is 4.60. The molecule has 0 amide bonds. The minimum absolute atomic E-state index is 0.366. The Morgan fingerprint density at radius 3 is 3.12 bits per heavy atom. The number of hydrogen-bond donors (Lipinski definition) is 2. The van der Waals surface area contributed by atoms with Crippen LogP contribution in [0, 0.1) is 0 Å². The number of rotatable bonds is 3. The molecule has 2 rings (SSSR count). The van der Waals surface area contributed by atoms with Crippen LogP contribution in [0.1, 0.15) is 22.8 Å². The molecule has 4 nitrogen and oxygen atoms in total. The zero-order valence-electron chi connectivity index (χ0n) is 10.0. The molecule has 0 radical (unpaired) electrons. The first-order chi connectivity index (χ1) is 8.15. The van der Waals surface area contributed by atoms with E-state index in [1.165, 1.54) is 0 Å². The van der Waals surface area contributed by atoms with Gasteiger partial charge in [-0.15, -0.1) is 0 Å². The molecule has 1 atom stereocenters. The molecule has 2 N–H and O–H groups in total. The summed E-state index contributed by atoms with van der Waals surface area (Å²) in [7, 11) is 0. The van der Waals surface area contributed by atoms with E-state index < -0.39 is 5.97 Å². The minimum atomic E-state index is -0.861. The van der Waals surface area contributed by atoms with Crippen molar-refractivity contribution in [3.63, 3.8) is 0 Å². The number of hydrogen-bond acceptors (Lipinski definition) is 3. The fraction of sp³-hybridized carbons (Fsp3) is 0.462. The predicted molar refractivity (Wildman–Crippen MR) is 66.1 cm³/mol. The molecule has 1 heterocycles. The van der Waals surface area contributed by atoms with Gasteiger partial charge in [-0.05, 0) is 24.6 Å². The van der Waals surface area contributed by atoms with E-state index in [0.717, 1.165) is 31.7 Å². The highest BCUT2D eigenvalue weighted by Crippen LogP contribution is 2.10. The molecule has 0 aliphatic carbocycles. The van der Waals surface area contributed by atoms with E-state index in [1.807, 2.05) is 12.1 Å². The molecule has 1 saturated heterocycles. The number of carboxylic acid groups (broad SMARTS) is 1. The molecule has 1 aliphatic rings. The second kappa shape index (κ2) is 5.29. The molecule has 1 fully saturated rings. The highest BCUT2D eigenvalue weighted by atomic mass is 16.4. The van der Waals surface area contributed by atoms with E-state index in [0.29, 0.717) is 11.6 Å². The number of aromatic carboxylic acids is 1. The summed E-state index contributed by atoms with van der Waals surface area (Å²) in [4.78, 5) is 13.2. The Labute approximate surface area is 101 Å². The van der Waals surface area contributed by atoms with Crippen LogP contribution in [-0.4, -0.2) is 41.7 Å². The van der Waals surface area contributed by atoms with Crippen LogP contribution in [0.2, 0.25) is 0 Å². The summed E-state index contributed by atoms with van der Waals surface area (Å²) < 4.78 is 0. The Morgan fingerprint density at radius 2 is 2.41 bits per heavy atom. The fourth-order valence-corrected chi connectivity index (χ4v) is 2.22. The first-order valence-electron chi connectivity index (χ1n) is 5.93. The van der Waals surface area contributed by atoms with Crippen molar-refractivity contribution in [2.45, 2.75) is 19.5 Å². The maximum Gasteiger partial charge on any atom is 0.335 e. The maximum atomic E-state index is 10.9. The van der Waals surface area contributed by atoms with Crippen LogP contribution in [0.3, 0.4) is 0 Å². The second-order valence-corrected chi connectivity index (χ2v) is 4.60. The lowest BCUT2D eigenvalue weighted by atomic mass is 10.1. The molecule has 92 valence electrons. The average molecular weight is 234 g/mol. The van der Waals surface area contributed by atoms with Gasteiger partial charge >= 0.3 is 5.97 Å². The molecule has 17 heavy (non-hydrogen) atoms. The van der Waals surface area contributed by atoms with Crippen LogP contribution in [-0.2, 0) is 6.54 Å². The van der Waals surface area contributed by atoms with Gasteiger partial charge in [0.15, 0.2) is 0 Å². The summed E-state index contributed by atoms with van der Waals surface area (Å²) in [6.45, 7) is 6.02. The van der Waals surface area contributed by atoms with E-state index in [2.05, 4.69) is 17.1 Å². The van der Waals surface area contributed by atoms with Gasteiger partial charge in [0, 0.05) is 32.2 Å². The van der Waals surface area contributed by atoms with Crippen molar-refractivity contribution in [3.8, 4) is 0 Å². The summed E-state index contributed by atoms with van der Waals surface area (Å²) in [6.07, 6.45) is 0. The Kier molecular flexibility index (Phi) is 3.76. The molecular formula is C13H18N2O2. The van der Waals surface area contributed by atoms with Gasteiger partial charge < -0.3 is 10.4 Å². The summed E-state index contributed by atoms with van der Waals surface area (Å²) in [5.41, 5.74) is 1.43. The lowest BCUT2D eigenvalue weighted by Crippen LogP contribution is -2.48. The maximum absolute atomic E-state index is 10.9. The third-order valence-corrected chi connectivity index (χ3v) is 3.03. The normalized spacial score (nSPS) is 21.4. The standard InChI is InChI=1S/C13H18N2O2/c1-10-8-15(6-5-14-10)9-11-3-2-4-12(7-11)13(16)17/h2-4,7,10,14H,5-6,8-9H2,1H3,(H,16,17). The van der Waals surface area contributed by atoms with E-state index in [9.17, 15) is 4.79 Å². The lowest BCUT2D eigenvalue weighted by Gasteiger charge is -2.31. The number of piperazine rings is 1. The van der Waals surface area contributed by atoms with Crippen LogP contribution in [0.15, 0.2) is 24.3 Å². The number of nitrogens with zero attached hydrogens (tertiary/aromatic N) is 1. The first-order valence-corrected chi connectivity index (χ1v) is 5.93. The topological polar surface area (TPSA) is 52.6 Å². The van der Waals surface area contributed by atoms with Gasteiger partial charge in [-0.2, -0.15) is 0 Å². The monoisotopic (exact) mass is 234 g/mol. The number of carboxylic acids is 1. The van der Waals surface area contributed by atoms with Crippen LogP contribution >= 0.6 is 0 Å². The predicted octanol–water partition coefficient (Wildman–Crippen LogP) is 1.18. The molecule has 1 aliphatic heterocycles. The molecule has 0 aromatic heterocycles. The Morgan fingerprint density at radius 1 is 1.59 bits per heavy atom. The molecule has 0 spiro atoms. The lowest BCUT2D eigenvalue weighted by molar-refractivity contribution is 0.0696. The van der Waals surface area contributed by atoms with Gasteiger partial charge in [0.05, 0.1) is 5.56 Å². The highest BCUT2D eigenvalue weighted by molar-refractivity contribution is 5.87. The zero-order chi connectivity index (χ0) is 12.3. The van der Waals surface area contributed by atoms with Crippen LogP contribution in [0.25, 0.3) is 0 Å². The quantitative estimate of drug-likeness (QED) is 0.824. The first kappa shape index (κ1) is 12.1. The van der Waals surface area contributed by atoms with Crippen molar-refractivity contribution in [1.82, 2.24) is 10.2 Å². The van der Waals surface area contributed by atoms with Crippen molar-refractivity contribution < 1.29 is 9.90 Å². The summed E-state index contributed by atoms with van der Waals surface area (Å²) in [5, 5.41) is 12.3. The molecule has 1 aromatic carbocycles. The summed E-state index contributed by atoms with van der Waals surface area (Å²) in [5.74, 6) is -0.861. The van der Waals surface area contributed by atoms with Gasteiger partial charge in [0.25, 0.3) is 0 Å². The Bertz CT molecular complexity index is 406. The number of nitrogens with one attached hydrogen (secondary N) is 1. The highest BCUT2D eigenvalue weighted by Gasteiger charge is 2.15. The van der Waals surface area contributed by atoms with E-state index >= 15 is 0 Å². The molecule has 1 unspecified atom stereocenters. The SMILES string of the molecule is CC1CN(Cc2cccc(C(=O)O)c2)CCN1. The molecular weight excluding hydrogens is 216 g/mol. The zero-order valence-corrected chi connectivity index (χ0v) is 10.0. The van der Waals surface area contributed by atoms with Crippen molar-refractivity contribution in [2.75, 3.05) is 19.6 Å². The average Bonchev–Trinajstić information content (AvgIpc) is 2.29. The van der Waals surface area contributed by atoms with E-state index in [-0.39, 0.29) is 0 Å². The molecule has 0 bridgehead atoms. The van der Waals surface area contributed by atoms with Gasteiger partial charge in [-0.25, -0.2) is 4.79 Å². The van der Waals surface area contributed by atoms with Crippen molar-refractivity contribution >= 4 is 5.97 Å². The van der Waals surface area contributed by atoms with Gasteiger partial charge in [0.1, 0.15) is 0 Å². The third kappa shape index (κ3) is 3.28. The smallest absolute Gasteiger partial charge is 0.335 e. The summed E-state index contributed by atoms with van der Waals surface area (Å²) in [6, 6.07) is 7.69. The van der Waals surface area contributed by atoms with Crippen molar-refractivity contribution in [3.05, 3.63) is 35.4 Å². The van der Waals surface area contributed by atoms with E-state index in [4.69, 9.17) is 5.11 Å².